The fourth-order valence-electron chi connectivity index (χ4n) is 2.02. The van der Waals surface area contributed by atoms with Crippen molar-refractivity contribution >= 4 is 31.9 Å². The molecule has 0 aliphatic heterocycles. The summed E-state index contributed by atoms with van der Waals surface area (Å²) in [5, 5.41) is 3.47. The van der Waals surface area contributed by atoms with Crippen molar-refractivity contribution in [3.8, 4) is 0 Å². The molecule has 0 aliphatic carbocycles. The summed E-state index contributed by atoms with van der Waals surface area (Å²) in [5.41, 5.74) is 2.67. The third-order valence-electron chi connectivity index (χ3n) is 3.38. The van der Waals surface area contributed by atoms with Crippen LogP contribution in [0.15, 0.2) is 43.9 Å². The van der Waals surface area contributed by atoms with Gasteiger partial charge in [0.25, 0.3) is 0 Å². The third-order valence-corrected chi connectivity index (χ3v) is 5.09. The fraction of sp³-hybridized carbons (Fsp3) is 0.375. The highest BCUT2D eigenvalue weighted by Gasteiger charge is 2.09. The van der Waals surface area contributed by atoms with Crippen molar-refractivity contribution in [1.29, 1.82) is 0 Å². The Morgan fingerprint density at radius 3 is 2.15 bits per heavy atom. The summed E-state index contributed by atoms with van der Waals surface area (Å²) in [5.74, 6) is 1.49. The van der Waals surface area contributed by atoms with E-state index in [4.69, 9.17) is 4.42 Å². The van der Waals surface area contributed by atoms with Crippen LogP contribution in [0.2, 0.25) is 0 Å². The Bertz CT molecular complexity index is 541. The molecule has 1 atom stereocenters. The van der Waals surface area contributed by atoms with E-state index < -0.39 is 0 Å². The van der Waals surface area contributed by atoms with Crippen LogP contribution >= 0.6 is 31.9 Å². The van der Waals surface area contributed by atoms with Gasteiger partial charge in [-0.05, 0) is 61.9 Å². The number of rotatable bonds is 5. The van der Waals surface area contributed by atoms with E-state index in [0.717, 1.165) is 14.9 Å². The summed E-state index contributed by atoms with van der Waals surface area (Å²) in [7, 11) is 0. The van der Waals surface area contributed by atoms with E-state index in [9.17, 15) is 0 Å². The summed E-state index contributed by atoms with van der Waals surface area (Å²) in [6, 6.07) is 11.1. The first-order chi connectivity index (χ1) is 9.47. The van der Waals surface area contributed by atoms with E-state index >= 15 is 0 Å². The van der Waals surface area contributed by atoms with E-state index in [-0.39, 0.29) is 0 Å². The summed E-state index contributed by atoms with van der Waals surface area (Å²) in [6.07, 6.45) is 0. The zero-order chi connectivity index (χ0) is 14.7. The molecular weight excluding hydrogens is 382 g/mol. The molecule has 108 valence electrons. The van der Waals surface area contributed by atoms with Gasteiger partial charge in [0.1, 0.15) is 5.76 Å². The van der Waals surface area contributed by atoms with Gasteiger partial charge in [-0.25, -0.2) is 0 Å². The second-order valence-electron chi connectivity index (χ2n) is 5.26. The first-order valence-electron chi connectivity index (χ1n) is 6.74. The molecule has 1 N–H and O–H groups in total. The molecule has 2 nitrogen and oxygen atoms in total. The molecule has 1 aromatic carbocycles. The van der Waals surface area contributed by atoms with E-state index in [1.807, 2.05) is 6.07 Å². The van der Waals surface area contributed by atoms with Gasteiger partial charge in [0, 0.05) is 6.04 Å². The molecule has 1 unspecified atom stereocenters. The first-order valence-corrected chi connectivity index (χ1v) is 8.33. The van der Waals surface area contributed by atoms with Crippen molar-refractivity contribution in [2.75, 3.05) is 0 Å². The zero-order valence-corrected chi connectivity index (χ0v) is 15.1. The molecule has 1 aromatic heterocycles. The summed E-state index contributed by atoms with van der Waals surface area (Å²) in [6.45, 7) is 7.29. The average Bonchev–Trinajstić information content (AvgIpc) is 2.75. The Balaban J connectivity index is 1.95. The standard InChI is InChI=1S/C16H19Br2NO/c1-10(2)12-4-6-13(7-5-12)11(3)19-9-14-8-15(17)16(18)20-14/h4-8,10-11,19H,9H2,1-3H3. The Morgan fingerprint density at radius 1 is 1.05 bits per heavy atom. The first kappa shape index (κ1) is 15.8. The number of furan rings is 1. The van der Waals surface area contributed by atoms with Crippen LogP contribution in [-0.2, 0) is 6.54 Å². The average molecular weight is 401 g/mol. The molecule has 0 fully saturated rings. The highest BCUT2D eigenvalue weighted by Crippen LogP contribution is 2.27. The number of benzene rings is 1. The van der Waals surface area contributed by atoms with Crippen LogP contribution < -0.4 is 5.32 Å². The molecule has 0 amide bonds. The Kier molecular flexibility index (Phi) is 5.47. The van der Waals surface area contributed by atoms with Crippen LogP contribution in [-0.4, -0.2) is 0 Å². The zero-order valence-electron chi connectivity index (χ0n) is 11.9. The second kappa shape index (κ2) is 6.92. The molecule has 0 saturated heterocycles. The predicted molar refractivity (Wildman–Crippen MR) is 89.9 cm³/mol. The number of hydrogen-bond donors (Lipinski definition) is 1. The lowest BCUT2D eigenvalue weighted by atomic mass is 9.99. The Labute approximate surface area is 137 Å². The lowest BCUT2D eigenvalue weighted by molar-refractivity contribution is 0.446. The second-order valence-corrected chi connectivity index (χ2v) is 6.83. The number of nitrogens with one attached hydrogen (secondary N) is 1. The van der Waals surface area contributed by atoms with E-state index in [0.29, 0.717) is 18.5 Å². The van der Waals surface area contributed by atoms with Crippen molar-refractivity contribution in [3.05, 3.63) is 56.4 Å². The lowest BCUT2D eigenvalue weighted by Gasteiger charge is -2.14. The minimum absolute atomic E-state index is 0.291. The molecule has 0 radical (unpaired) electrons. The summed E-state index contributed by atoms with van der Waals surface area (Å²) < 4.78 is 7.24. The smallest absolute Gasteiger partial charge is 0.183 e. The van der Waals surface area contributed by atoms with Gasteiger partial charge >= 0.3 is 0 Å². The van der Waals surface area contributed by atoms with Crippen molar-refractivity contribution in [2.45, 2.75) is 39.3 Å². The number of halogens is 2. The molecule has 20 heavy (non-hydrogen) atoms. The van der Waals surface area contributed by atoms with Gasteiger partial charge in [-0.1, -0.05) is 38.1 Å². The highest BCUT2D eigenvalue weighted by molar-refractivity contribution is 9.13. The van der Waals surface area contributed by atoms with Gasteiger partial charge in [-0.15, -0.1) is 0 Å². The molecule has 0 saturated carbocycles. The minimum Gasteiger partial charge on any atom is -0.452 e. The van der Waals surface area contributed by atoms with Gasteiger partial charge in [0.05, 0.1) is 11.0 Å². The fourth-order valence-corrected chi connectivity index (χ4v) is 2.68. The minimum atomic E-state index is 0.291. The maximum Gasteiger partial charge on any atom is 0.183 e. The molecule has 0 bridgehead atoms. The van der Waals surface area contributed by atoms with Crippen LogP contribution in [0.5, 0.6) is 0 Å². The lowest BCUT2D eigenvalue weighted by Crippen LogP contribution is -2.17. The van der Waals surface area contributed by atoms with Gasteiger partial charge < -0.3 is 9.73 Å². The van der Waals surface area contributed by atoms with Crippen molar-refractivity contribution in [2.24, 2.45) is 0 Å². The van der Waals surface area contributed by atoms with Crippen molar-refractivity contribution < 1.29 is 4.42 Å². The molecule has 2 aromatic rings. The van der Waals surface area contributed by atoms with Gasteiger partial charge in [0.15, 0.2) is 4.67 Å². The normalized spacial score (nSPS) is 12.9. The summed E-state index contributed by atoms with van der Waals surface area (Å²) in [4.78, 5) is 0. The number of hydrogen-bond acceptors (Lipinski definition) is 2. The highest BCUT2D eigenvalue weighted by atomic mass is 79.9. The predicted octanol–water partition coefficient (Wildman–Crippen LogP) is 5.78. The molecule has 1 heterocycles. The van der Waals surface area contributed by atoms with Gasteiger partial charge in [-0.2, -0.15) is 0 Å². The maximum atomic E-state index is 5.56. The Hall–Kier alpha value is -0.580. The monoisotopic (exact) mass is 399 g/mol. The molecule has 2 rings (SSSR count). The van der Waals surface area contributed by atoms with Gasteiger partial charge in [-0.3, -0.25) is 0 Å². The van der Waals surface area contributed by atoms with Crippen molar-refractivity contribution in [3.63, 3.8) is 0 Å². The Morgan fingerprint density at radius 2 is 1.65 bits per heavy atom. The van der Waals surface area contributed by atoms with Crippen LogP contribution in [0.1, 0.15) is 49.6 Å². The SMILES string of the molecule is CC(C)c1ccc(C(C)NCc2cc(Br)c(Br)o2)cc1. The van der Waals surface area contributed by atoms with E-state index in [1.165, 1.54) is 11.1 Å². The van der Waals surface area contributed by atoms with Gasteiger partial charge in [0.2, 0.25) is 0 Å². The van der Waals surface area contributed by atoms with Crippen molar-refractivity contribution in [1.82, 2.24) is 5.32 Å². The molecular formula is C16H19Br2NO. The molecule has 0 spiro atoms. The largest absolute Gasteiger partial charge is 0.452 e. The van der Waals surface area contributed by atoms with Crippen LogP contribution in [0, 0.1) is 0 Å². The van der Waals surface area contributed by atoms with E-state index in [2.05, 4.69) is 82.2 Å². The van der Waals surface area contributed by atoms with Crippen LogP contribution in [0.3, 0.4) is 0 Å². The summed E-state index contributed by atoms with van der Waals surface area (Å²) >= 11 is 6.77. The molecule has 4 heteroatoms. The topological polar surface area (TPSA) is 25.2 Å². The quantitative estimate of drug-likeness (QED) is 0.688. The van der Waals surface area contributed by atoms with Crippen LogP contribution in [0.4, 0.5) is 0 Å². The van der Waals surface area contributed by atoms with E-state index in [1.54, 1.807) is 0 Å². The van der Waals surface area contributed by atoms with Crippen LogP contribution in [0.25, 0.3) is 0 Å². The maximum absolute atomic E-state index is 5.56. The molecule has 0 aliphatic rings. The third kappa shape index (κ3) is 3.96.